The van der Waals surface area contributed by atoms with Crippen LogP contribution in [-0.2, 0) is 16.4 Å². The zero-order chi connectivity index (χ0) is 16.3. The van der Waals surface area contributed by atoms with Gasteiger partial charge in [0.1, 0.15) is 10.0 Å². The lowest BCUT2D eigenvalue weighted by Gasteiger charge is -2.19. The Morgan fingerprint density at radius 2 is 2.13 bits per heavy atom. The molecule has 0 bridgehead atoms. The normalized spacial score (nSPS) is 20.3. The molecule has 0 saturated carbocycles. The summed E-state index contributed by atoms with van der Waals surface area (Å²) in [4.78, 5) is 8.36. The number of aromatic nitrogens is 2. The summed E-state index contributed by atoms with van der Waals surface area (Å²) in [6, 6.07) is 3.45. The summed E-state index contributed by atoms with van der Waals surface area (Å²) in [7, 11) is -3.34. The number of nitrogens with zero attached hydrogens (tertiary/aromatic N) is 3. The molecule has 0 amide bonds. The fraction of sp³-hybridized carbons (Fsp3) is 0.467. The van der Waals surface area contributed by atoms with E-state index >= 15 is 0 Å². The fourth-order valence-corrected chi connectivity index (χ4v) is 5.52. The van der Waals surface area contributed by atoms with Crippen LogP contribution >= 0.6 is 11.3 Å². The molecule has 2 aromatic heterocycles. The van der Waals surface area contributed by atoms with E-state index in [-0.39, 0.29) is 0 Å². The van der Waals surface area contributed by atoms with Crippen LogP contribution in [0.4, 0.5) is 5.82 Å². The zero-order valence-corrected chi connectivity index (χ0v) is 14.4. The van der Waals surface area contributed by atoms with E-state index in [1.807, 2.05) is 0 Å². The van der Waals surface area contributed by atoms with Gasteiger partial charge in [-0.25, -0.2) is 13.4 Å². The van der Waals surface area contributed by atoms with Crippen LogP contribution < -0.4 is 5.73 Å². The van der Waals surface area contributed by atoms with Crippen molar-refractivity contribution < 1.29 is 8.42 Å². The van der Waals surface area contributed by atoms with Crippen molar-refractivity contribution in [2.24, 2.45) is 5.92 Å². The molecule has 0 radical (unpaired) electrons. The third-order valence-electron chi connectivity index (χ3n) is 4.12. The van der Waals surface area contributed by atoms with Gasteiger partial charge in [0.25, 0.3) is 10.0 Å². The maximum absolute atomic E-state index is 12.6. The lowest BCUT2D eigenvalue weighted by atomic mass is 9.95. The van der Waals surface area contributed by atoms with Crippen molar-refractivity contribution in [3.05, 3.63) is 35.6 Å². The minimum absolute atomic E-state index is 0.419. The fourth-order valence-electron chi connectivity index (χ4n) is 2.89. The van der Waals surface area contributed by atoms with Gasteiger partial charge in [-0.3, -0.25) is 4.98 Å². The summed E-state index contributed by atoms with van der Waals surface area (Å²) in [6.45, 7) is 1.15. The van der Waals surface area contributed by atoms with Crippen LogP contribution in [0.3, 0.4) is 0 Å². The number of hydrogen-bond acceptors (Lipinski definition) is 6. The number of nitrogen functional groups attached to an aromatic ring is 1. The summed E-state index contributed by atoms with van der Waals surface area (Å²) in [5.41, 5.74) is 6.47. The molecule has 6 nitrogen and oxygen atoms in total. The van der Waals surface area contributed by atoms with Crippen molar-refractivity contribution in [3.63, 3.8) is 0 Å². The van der Waals surface area contributed by atoms with E-state index in [1.165, 1.54) is 11.3 Å². The summed E-state index contributed by atoms with van der Waals surface area (Å²) in [5.74, 6) is 0.847. The van der Waals surface area contributed by atoms with E-state index in [1.54, 1.807) is 34.2 Å². The second-order valence-corrected chi connectivity index (χ2v) is 8.88. The van der Waals surface area contributed by atoms with Gasteiger partial charge in [-0.2, -0.15) is 4.31 Å². The molecule has 1 saturated heterocycles. The minimum Gasteiger partial charge on any atom is -0.382 e. The Balaban J connectivity index is 1.64. The highest BCUT2D eigenvalue weighted by Gasteiger charge is 2.28. The predicted octanol–water partition coefficient (Wildman–Crippen LogP) is 2.15. The smallest absolute Gasteiger partial charge is 0.252 e. The van der Waals surface area contributed by atoms with Crippen LogP contribution in [0, 0.1) is 5.92 Å². The van der Waals surface area contributed by atoms with Crippen molar-refractivity contribution in [2.75, 3.05) is 18.8 Å². The topological polar surface area (TPSA) is 89.2 Å². The van der Waals surface area contributed by atoms with E-state index in [9.17, 15) is 8.42 Å². The van der Waals surface area contributed by atoms with Crippen LogP contribution in [-0.4, -0.2) is 35.8 Å². The maximum atomic E-state index is 12.6. The number of anilines is 1. The lowest BCUT2D eigenvalue weighted by molar-refractivity contribution is 0.410. The first-order chi connectivity index (χ1) is 11.1. The highest BCUT2D eigenvalue weighted by Crippen LogP contribution is 2.27. The molecule has 2 N–H and O–H groups in total. The Morgan fingerprint density at radius 3 is 2.83 bits per heavy atom. The van der Waals surface area contributed by atoms with Gasteiger partial charge in [0.05, 0.1) is 18.1 Å². The molecule has 124 valence electrons. The van der Waals surface area contributed by atoms with Gasteiger partial charge >= 0.3 is 0 Å². The first kappa shape index (κ1) is 16.4. The molecule has 0 unspecified atom stereocenters. The van der Waals surface area contributed by atoms with Gasteiger partial charge in [-0.15, -0.1) is 11.3 Å². The van der Waals surface area contributed by atoms with Crippen LogP contribution in [0.2, 0.25) is 0 Å². The van der Waals surface area contributed by atoms with Gasteiger partial charge in [0.15, 0.2) is 0 Å². The third-order valence-corrected chi connectivity index (χ3v) is 7.39. The molecular weight excluding hydrogens is 332 g/mol. The molecular formula is C15H20N4O2S2. The molecule has 0 spiro atoms. The van der Waals surface area contributed by atoms with Gasteiger partial charge in [-0.05, 0) is 43.0 Å². The van der Waals surface area contributed by atoms with E-state index < -0.39 is 10.0 Å². The van der Waals surface area contributed by atoms with Gasteiger partial charge in [-0.1, -0.05) is 6.07 Å². The van der Waals surface area contributed by atoms with Crippen molar-refractivity contribution >= 4 is 27.2 Å². The summed E-state index contributed by atoms with van der Waals surface area (Å²) in [5, 5.41) is 1.80. The molecule has 3 heterocycles. The first-order valence-corrected chi connectivity index (χ1v) is 9.98. The molecule has 0 aromatic carbocycles. The van der Waals surface area contributed by atoms with Gasteiger partial charge < -0.3 is 5.73 Å². The van der Waals surface area contributed by atoms with Crippen LogP contribution in [0.5, 0.6) is 0 Å². The van der Waals surface area contributed by atoms with E-state index in [0.717, 1.165) is 31.4 Å². The lowest BCUT2D eigenvalue weighted by Crippen LogP contribution is -2.31. The first-order valence-electron chi connectivity index (χ1n) is 7.66. The largest absolute Gasteiger partial charge is 0.382 e. The number of nitrogens with two attached hydrogens (primary N) is 1. The highest BCUT2D eigenvalue weighted by molar-refractivity contribution is 7.91. The van der Waals surface area contributed by atoms with Gasteiger partial charge in [0, 0.05) is 13.1 Å². The van der Waals surface area contributed by atoms with Crippen molar-refractivity contribution in [1.82, 2.24) is 14.3 Å². The Labute approximate surface area is 140 Å². The van der Waals surface area contributed by atoms with Crippen molar-refractivity contribution in [2.45, 2.75) is 29.9 Å². The average molecular weight is 352 g/mol. The molecule has 1 aliphatic heterocycles. The monoisotopic (exact) mass is 352 g/mol. The summed E-state index contributed by atoms with van der Waals surface area (Å²) in [6.07, 6.45) is 6.82. The molecule has 2 aromatic rings. The molecule has 3 rings (SSSR count). The zero-order valence-electron chi connectivity index (χ0n) is 12.8. The molecule has 1 aliphatic rings. The van der Waals surface area contributed by atoms with E-state index in [2.05, 4.69) is 9.97 Å². The Morgan fingerprint density at radius 1 is 1.26 bits per heavy atom. The van der Waals surface area contributed by atoms with E-state index in [0.29, 0.717) is 29.0 Å². The second kappa shape index (κ2) is 6.94. The van der Waals surface area contributed by atoms with Gasteiger partial charge in [0.2, 0.25) is 0 Å². The molecule has 0 aliphatic carbocycles. The average Bonchev–Trinajstić information content (AvgIpc) is 2.98. The second-order valence-electron chi connectivity index (χ2n) is 5.77. The predicted molar refractivity (Wildman–Crippen MR) is 90.6 cm³/mol. The minimum atomic E-state index is -3.34. The summed E-state index contributed by atoms with van der Waals surface area (Å²) < 4.78 is 27.3. The third kappa shape index (κ3) is 3.88. The molecule has 8 heteroatoms. The standard InChI is InChI=1S/C15H20N4O2S2/c16-14-11-17-13(10-18-14)9-12-3-1-6-19(7-5-12)23(20,21)15-4-2-8-22-15/h2,4,8,10-12H,1,3,5-7,9H2,(H2,16,18)/t12-/m1/s1. The summed E-state index contributed by atoms with van der Waals surface area (Å²) >= 11 is 1.28. The Hall–Kier alpha value is -1.51. The number of sulfonamides is 1. The SMILES string of the molecule is Nc1cnc(C[C@@H]2CCCN(S(=O)(=O)c3cccs3)CC2)cn1. The van der Waals surface area contributed by atoms with E-state index in [4.69, 9.17) is 5.73 Å². The Bertz CT molecular complexity index is 729. The van der Waals surface area contributed by atoms with Crippen molar-refractivity contribution in [3.8, 4) is 0 Å². The number of hydrogen-bond donors (Lipinski definition) is 1. The quantitative estimate of drug-likeness (QED) is 0.911. The van der Waals surface area contributed by atoms with Crippen molar-refractivity contribution in [1.29, 1.82) is 0 Å². The molecule has 1 fully saturated rings. The Kier molecular flexibility index (Phi) is 4.93. The molecule has 23 heavy (non-hydrogen) atoms. The highest BCUT2D eigenvalue weighted by atomic mass is 32.2. The maximum Gasteiger partial charge on any atom is 0.252 e. The van der Waals surface area contributed by atoms with Crippen LogP contribution in [0.25, 0.3) is 0 Å². The van der Waals surface area contributed by atoms with Crippen LogP contribution in [0.1, 0.15) is 25.0 Å². The number of thiophene rings is 1. The van der Waals surface area contributed by atoms with Crippen LogP contribution in [0.15, 0.2) is 34.1 Å². The number of rotatable bonds is 4. The molecule has 1 atom stereocenters.